The van der Waals surface area contributed by atoms with Gasteiger partial charge in [-0.2, -0.15) is 0 Å². The van der Waals surface area contributed by atoms with Crippen LogP contribution in [-0.4, -0.2) is 28.4 Å². The topological polar surface area (TPSA) is 63.6 Å². The first-order chi connectivity index (χ1) is 8.78. The summed E-state index contributed by atoms with van der Waals surface area (Å²) in [6, 6.07) is 6.63. The zero-order valence-corrected chi connectivity index (χ0v) is 12.1. The summed E-state index contributed by atoms with van der Waals surface area (Å²) in [5.41, 5.74) is 0.792. The lowest BCUT2D eigenvalue weighted by atomic mass is 10.1. The number of benzene rings is 1. The lowest BCUT2D eigenvalue weighted by Gasteiger charge is -2.19. The minimum absolute atomic E-state index is 0.236. The van der Waals surface area contributed by atoms with Gasteiger partial charge in [-0.05, 0) is 38.5 Å². The van der Waals surface area contributed by atoms with Gasteiger partial charge in [-0.25, -0.2) is 4.79 Å². The van der Waals surface area contributed by atoms with Gasteiger partial charge in [0.15, 0.2) is 0 Å². The predicted octanol–water partition coefficient (Wildman–Crippen LogP) is 2.96. The third kappa shape index (κ3) is 6.29. The van der Waals surface area contributed by atoms with Crippen LogP contribution in [0.25, 0.3) is 0 Å². The molecule has 0 aliphatic carbocycles. The monoisotopic (exact) mass is 282 g/mol. The summed E-state index contributed by atoms with van der Waals surface area (Å²) in [6.45, 7) is 5.50. The van der Waals surface area contributed by atoms with Gasteiger partial charge in [0.1, 0.15) is 5.60 Å². The molecule has 0 bridgehead atoms. The van der Waals surface area contributed by atoms with E-state index in [1.54, 1.807) is 24.3 Å². The van der Waals surface area contributed by atoms with Crippen molar-refractivity contribution in [1.29, 1.82) is 0 Å². The van der Waals surface area contributed by atoms with Gasteiger partial charge < -0.3 is 9.84 Å². The molecule has 1 rings (SSSR count). The molecule has 0 radical (unpaired) electrons. The highest BCUT2D eigenvalue weighted by Gasteiger charge is 2.15. The van der Waals surface area contributed by atoms with Crippen molar-refractivity contribution in [3.63, 3.8) is 0 Å². The van der Waals surface area contributed by atoms with E-state index >= 15 is 0 Å². The fraction of sp³-hybridized carbons (Fsp3) is 0.429. The molecule has 4 nitrogen and oxygen atoms in total. The summed E-state index contributed by atoms with van der Waals surface area (Å²) >= 11 is 1.45. The summed E-state index contributed by atoms with van der Waals surface area (Å²) in [4.78, 5) is 22.2. The molecule has 19 heavy (non-hydrogen) atoms. The van der Waals surface area contributed by atoms with E-state index in [9.17, 15) is 9.59 Å². The summed E-state index contributed by atoms with van der Waals surface area (Å²) in [7, 11) is 0. The van der Waals surface area contributed by atoms with Crippen LogP contribution in [0.5, 0.6) is 0 Å². The first-order valence-corrected chi connectivity index (χ1v) is 7.05. The van der Waals surface area contributed by atoms with Gasteiger partial charge in [-0.3, -0.25) is 4.79 Å². The minimum atomic E-state index is -0.937. The number of aromatic carboxylic acids is 1. The zero-order chi connectivity index (χ0) is 14.5. The Hall–Kier alpha value is -1.49. The number of carboxylic acid groups (broad SMARTS) is 1. The molecule has 0 unspecified atom stereocenters. The van der Waals surface area contributed by atoms with Crippen molar-refractivity contribution in [2.24, 2.45) is 0 Å². The molecule has 0 atom stereocenters. The quantitative estimate of drug-likeness (QED) is 0.841. The lowest BCUT2D eigenvalue weighted by Crippen LogP contribution is -2.24. The lowest BCUT2D eigenvalue weighted by molar-refractivity contribution is -0.151. The third-order valence-corrected chi connectivity index (χ3v) is 3.09. The Balaban J connectivity index is 2.37. The molecule has 0 saturated heterocycles. The van der Waals surface area contributed by atoms with Crippen molar-refractivity contribution in [2.45, 2.75) is 32.1 Å². The first-order valence-electron chi connectivity index (χ1n) is 5.90. The molecule has 1 aromatic carbocycles. The van der Waals surface area contributed by atoms with Crippen molar-refractivity contribution < 1.29 is 19.4 Å². The normalized spacial score (nSPS) is 11.1. The maximum absolute atomic E-state index is 11.5. The van der Waals surface area contributed by atoms with Crippen molar-refractivity contribution in [2.75, 3.05) is 5.75 Å². The number of hydrogen-bond acceptors (Lipinski definition) is 4. The van der Waals surface area contributed by atoms with Crippen molar-refractivity contribution in [1.82, 2.24) is 0 Å². The maximum Gasteiger partial charge on any atom is 0.335 e. The molecule has 0 aliphatic heterocycles. The van der Waals surface area contributed by atoms with E-state index in [4.69, 9.17) is 9.84 Å². The number of carboxylic acids is 1. The Morgan fingerprint density at radius 2 is 1.79 bits per heavy atom. The number of thioether (sulfide) groups is 1. The molecule has 0 aliphatic rings. The van der Waals surface area contributed by atoms with Crippen LogP contribution in [0.3, 0.4) is 0 Å². The highest BCUT2D eigenvalue weighted by molar-refractivity contribution is 7.99. The number of hydrogen-bond donors (Lipinski definition) is 1. The number of carbonyl (C=O) groups excluding carboxylic acids is 1. The standard InChI is InChI=1S/C14H18O4S/c1-14(2,3)18-12(15)9-19-8-10-4-6-11(7-5-10)13(16)17/h4-7H,8-9H2,1-3H3,(H,16,17). The molecule has 0 aromatic heterocycles. The van der Waals surface area contributed by atoms with Crippen LogP contribution < -0.4 is 0 Å². The average Bonchev–Trinajstić information content (AvgIpc) is 2.27. The Kier molecular flexibility index (Phi) is 5.42. The number of carbonyl (C=O) groups is 2. The van der Waals surface area contributed by atoms with Gasteiger partial charge in [0.25, 0.3) is 0 Å². The fourth-order valence-electron chi connectivity index (χ4n) is 1.37. The van der Waals surface area contributed by atoms with Crippen LogP contribution in [0.15, 0.2) is 24.3 Å². The van der Waals surface area contributed by atoms with E-state index < -0.39 is 11.6 Å². The van der Waals surface area contributed by atoms with Gasteiger partial charge in [-0.1, -0.05) is 12.1 Å². The molecule has 0 fully saturated rings. The smallest absolute Gasteiger partial charge is 0.335 e. The third-order valence-electron chi connectivity index (χ3n) is 2.11. The summed E-state index contributed by atoms with van der Waals surface area (Å²) < 4.78 is 5.19. The largest absolute Gasteiger partial charge is 0.478 e. The molecule has 0 spiro atoms. The molecule has 0 amide bonds. The van der Waals surface area contributed by atoms with E-state index in [1.165, 1.54) is 11.8 Å². The zero-order valence-electron chi connectivity index (χ0n) is 11.3. The summed E-state index contributed by atoms with van der Waals surface area (Å²) in [6.07, 6.45) is 0. The van der Waals surface area contributed by atoms with Crippen LogP contribution in [-0.2, 0) is 15.3 Å². The second kappa shape index (κ2) is 6.61. The summed E-state index contributed by atoms with van der Waals surface area (Å²) in [5, 5.41) is 8.77. The van der Waals surface area contributed by atoms with Gasteiger partial charge >= 0.3 is 11.9 Å². The molecule has 0 heterocycles. The van der Waals surface area contributed by atoms with Gasteiger partial charge in [0, 0.05) is 5.75 Å². The summed E-state index contributed by atoms with van der Waals surface area (Å²) in [5.74, 6) is -0.232. The van der Waals surface area contributed by atoms with Gasteiger partial charge in [0.2, 0.25) is 0 Å². The van der Waals surface area contributed by atoms with Crippen molar-refractivity contribution in [3.8, 4) is 0 Å². The van der Waals surface area contributed by atoms with E-state index in [0.717, 1.165) is 5.56 Å². The fourth-order valence-corrected chi connectivity index (χ4v) is 2.12. The maximum atomic E-state index is 11.5. The van der Waals surface area contributed by atoms with E-state index in [2.05, 4.69) is 0 Å². The van der Waals surface area contributed by atoms with Gasteiger partial charge in [-0.15, -0.1) is 11.8 Å². The Morgan fingerprint density at radius 1 is 1.21 bits per heavy atom. The van der Waals surface area contributed by atoms with Crippen molar-refractivity contribution in [3.05, 3.63) is 35.4 Å². The van der Waals surface area contributed by atoms with Crippen LogP contribution >= 0.6 is 11.8 Å². The van der Waals surface area contributed by atoms with Crippen molar-refractivity contribution >= 4 is 23.7 Å². The predicted molar refractivity (Wildman–Crippen MR) is 75.4 cm³/mol. The van der Waals surface area contributed by atoms with E-state index in [-0.39, 0.29) is 17.3 Å². The number of ether oxygens (including phenoxy) is 1. The van der Waals surface area contributed by atoms with Crippen LogP contribution in [0, 0.1) is 0 Å². The molecular formula is C14H18O4S. The Morgan fingerprint density at radius 3 is 2.26 bits per heavy atom. The molecule has 0 saturated carbocycles. The highest BCUT2D eigenvalue weighted by atomic mass is 32.2. The molecule has 1 N–H and O–H groups in total. The van der Waals surface area contributed by atoms with Gasteiger partial charge in [0.05, 0.1) is 11.3 Å². The Labute approximate surface area is 117 Å². The average molecular weight is 282 g/mol. The molecule has 104 valence electrons. The minimum Gasteiger partial charge on any atom is -0.478 e. The van der Waals surface area contributed by atoms with E-state index in [0.29, 0.717) is 5.75 Å². The first kappa shape index (κ1) is 15.6. The molecule has 1 aromatic rings. The van der Waals surface area contributed by atoms with Crippen LogP contribution in [0.1, 0.15) is 36.7 Å². The van der Waals surface area contributed by atoms with Crippen LogP contribution in [0.2, 0.25) is 0 Å². The highest BCUT2D eigenvalue weighted by Crippen LogP contribution is 2.15. The van der Waals surface area contributed by atoms with E-state index in [1.807, 2.05) is 20.8 Å². The SMILES string of the molecule is CC(C)(C)OC(=O)CSCc1ccc(C(=O)O)cc1. The molecule has 5 heteroatoms. The Bertz CT molecular complexity index is 446. The second-order valence-electron chi connectivity index (χ2n) is 5.08. The molecular weight excluding hydrogens is 264 g/mol. The number of esters is 1. The number of rotatable bonds is 5. The van der Waals surface area contributed by atoms with Crippen LogP contribution in [0.4, 0.5) is 0 Å². The second-order valence-corrected chi connectivity index (χ2v) is 6.07.